The summed E-state index contributed by atoms with van der Waals surface area (Å²) in [6, 6.07) is 51.7. The van der Waals surface area contributed by atoms with Gasteiger partial charge in [-0.3, -0.25) is 4.98 Å². The molecule has 3 heteroatoms. The zero-order chi connectivity index (χ0) is 31.5. The summed E-state index contributed by atoms with van der Waals surface area (Å²) in [5.41, 5.74) is 12.3. The van der Waals surface area contributed by atoms with Crippen molar-refractivity contribution >= 4 is 21.5 Å². The van der Waals surface area contributed by atoms with Gasteiger partial charge in [-0.1, -0.05) is 117 Å². The molecule has 0 saturated carbocycles. The smallest absolute Gasteiger partial charge is 0.161 e. The normalized spacial score (nSPS) is 13.1. The molecule has 0 saturated heterocycles. The van der Waals surface area contributed by atoms with Crippen molar-refractivity contribution in [1.29, 1.82) is 0 Å². The number of hydrogen-bond acceptors (Lipinski definition) is 3. The largest absolute Gasteiger partial charge is 0.255 e. The molecule has 0 fully saturated rings. The fourth-order valence-electron chi connectivity index (χ4n) is 7.32. The zero-order valence-corrected chi connectivity index (χ0v) is 26.3. The molecule has 2 heterocycles. The van der Waals surface area contributed by atoms with Crippen LogP contribution in [0.15, 0.2) is 152 Å². The van der Waals surface area contributed by atoms with Crippen molar-refractivity contribution in [3.8, 4) is 56.3 Å². The van der Waals surface area contributed by atoms with Crippen LogP contribution < -0.4 is 0 Å². The maximum Gasteiger partial charge on any atom is 0.161 e. The van der Waals surface area contributed by atoms with Crippen molar-refractivity contribution in [2.45, 2.75) is 19.3 Å². The van der Waals surface area contributed by atoms with Crippen LogP contribution in [0.4, 0.5) is 0 Å². The van der Waals surface area contributed by atoms with Crippen LogP contribution in [0.5, 0.6) is 0 Å². The lowest BCUT2D eigenvalue weighted by atomic mass is 9.81. The SMILES string of the molecule is CC1(C)c2ccc(-c3ccc(-c4nc(-c5ccccc5)cc(-c5ccccn5)n4)c4ccccc34)cc2-c2cc3ccccc3cc21. The van der Waals surface area contributed by atoms with Crippen molar-refractivity contribution in [2.24, 2.45) is 0 Å². The van der Waals surface area contributed by atoms with E-state index in [-0.39, 0.29) is 5.41 Å². The van der Waals surface area contributed by atoms with Gasteiger partial charge in [-0.25, -0.2) is 9.97 Å². The summed E-state index contributed by atoms with van der Waals surface area (Å²) < 4.78 is 0. The second kappa shape index (κ2) is 10.6. The third-order valence-corrected chi connectivity index (χ3v) is 9.74. The molecule has 0 amide bonds. The van der Waals surface area contributed by atoms with Crippen LogP contribution in [-0.4, -0.2) is 15.0 Å². The summed E-state index contributed by atoms with van der Waals surface area (Å²) >= 11 is 0. The lowest BCUT2D eigenvalue weighted by molar-refractivity contribution is 0.661. The predicted octanol–water partition coefficient (Wildman–Crippen LogP) is 11.2. The first-order chi connectivity index (χ1) is 23.0. The molecule has 0 radical (unpaired) electrons. The van der Waals surface area contributed by atoms with E-state index in [0.29, 0.717) is 5.82 Å². The van der Waals surface area contributed by atoms with E-state index in [4.69, 9.17) is 9.97 Å². The molecule has 1 aliphatic carbocycles. The highest BCUT2D eigenvalue weighted by molar-refractivity contribution is 6.05. The van der Waals surface area contributed by atoms with E-state index in [1.807, 2.05) is 48.7 Å². The van der Waals surface area contributed by atoms with Gasteiger partial charge in [0.25, 0.3) is 0 Å². The van der Waals surface area contributed by atoms with Crippen LogP contribution in [0.1, 0.15) is 25.0 Å². The Morgan fingerprint density at radius 1 is 0.426 bits per heavy atom. The first-order valence-corrected chi connectivity index (χ1v) is 16.1. The fourth-order valence-corrected chi connectivity index (χ4v) is 7.32. The number of fused-ring (bicyclic) bond motifs is 5. The molecule has 222 valence electrons. The van der Waals surface area contributed by atoms with E-state index in [9.17, 15) is 0 Å². The minimum Gasteiger partial charge on any atom is -0.255 e. The fraction of sp³-hybridized carbons (Fsp3) is 0.0682. The second-order valence-corrected chi connectivity index (χ2v) is 12.9. The number of rotatable bonds is 4. The first-order valence-electron chi connectivity index (χ1n) is 16.1. The van der Waals surface area contributed by atoms with E-state index in [1.165, 1.54) is 49.5 Å². The van der Waals surface area contributed by atoms with E-state index < -0.39 is 0 Å². The Morgan fingerprint density at radius 2 is 1.09 bits per heavy atom. The van der Waals surface area contributed by atoms with Crippen LogP contribution in [0, 0.1) is 0 Å². The highest BCUT2D eigenvalue weighted by atomic mass is 14.9. The van der Waals surface area contributed by atoms with Crippen molar-refractivity contribution in [1.82, 2.24) is 15.0 Å². The van der Waals surface area contributed by atoms with Gasteiger partial charge in [-0.15, -0.1) is 0 Å². The summed E-state index contributed by atoms with van der Waals surface area (Å²) in [7, 11) is 0. The number of aromatic nitrogens is 3. The molecule has 2 aromatic heterocycles. The summed E-state index contributed by atoms with van der Waals surface area (Å²) in [4.78, 5) is 14.8. The van der Waals surface area contributed by atoms with Gasteiger partial charge in [0.15, 0.2) is 5.82 Å². The average Bonchev–Trinajstić information content (AvgIpc) is 3.35. The van der Waals surface area contributed by atoms with E-state index in [1.54, 1.807) is 0 Å². The summed E-state index contributed by atoms with van der Waals surface area (Å²) in [5.74, 6) is 0.686. The highest BCUT2D eigenvalue weighted by Gasteiger charge is 2.36. The van der Waals surface area contributed by atoms with Crippen LogP contribution >= 0.6 is 0 Å². The van der Waals surface area contributed by atoms with Crippen molar-refractivity contribution in [3.05, 3.63) is 163 Å². The summed E-state index contributed by atoms with van der Waals surface area (Å²) in [6.45, 7) is 4.69. The maximum atomic E-state index is 5.13. The Hall–Kier alpha value is -5.93. The first kappa shape index (κ1) is 27.4. The molecule has 6 aromatic carbocycles. The van der Waals surface area contributed by atoms with Crippen LogP contribution in [0.2, 0.25) is 0 Å². The molecule has 0 bridgehead atoms. The molecule has 1 aliphatic rings. The van der Waals surface area contributed by atoms with E-state index >= 15 is 0 Å². The number of pyridine rings is 1. The van der Waals surface area contributed by atoms with Gasteiger partial charge >= 0.3 is 0 Å². The average molecular weight is 602 g/mol. The molecule has 3 nitrogen and oxygen atoms in total. The maximum absolute atomic E-state index is 5.13. The molecule has 47 heavy (non-hydrogen) atoms. The molecule has 0 spiro atoms. The zero-order valence-electron chi connectivity index (χ0n) is 26.3. The van der Waals surface area contributed by atoms with Gasteiger partial charge < -0.3 is 0 Å². The van der Waals surface area contributed by atoms with Gasteiger partial charge in [-0.05, 0) is 97.4 Å². The number of nitrogens with zero attached hydrogens (tertiary/aromatic N) is 3. The molecule has 0 atom stereocenters. The minimum absolute atomic E-state index is 0.0639. The van der Waals surface area contributed by atoms with E-state index in [2.05, 4.69) is 122 Å². The highest BCUT2D eigenvalue weighted by Crippen LogP contribution is 2.51. The van der Waals surface area contributed by atoms with Crippen molar-refractivity contribution < 1.29 is 0 Å². The van der Waals surface area contributed by atoms with Gasteiger partial charge in [0, 0.05) is 22.7 Å². The van der Waals surface area contributed by atoms with Crippen LogP contribution in [0.25, 0.3) is 77.8 Å². The third kappa shape index (κ3) is 4.46. The van der Waals surface area contributed by atoms with Gasteiger partial charge in [0.1, 0.15) is 0 Å². The number of benzene rings is 6. The lowest BCUT2D eigenvalue weighted by Gasteiger charge is -2.22. The minimum atomic E-state index is -0.0639. The van der Waals surface area contributed by atoms with Crippen LogP contribution in [-0.2, 0) is 5.41 Å². The molecular weight excluding hydrogens is 571 g/mol. The Morgan fingerprint density at radius 3 is 1.87 bits per heavy atom. The summed E-state index contributed by atoms with van der Waals surface area (Å²) in [6.07, 6.45) is 1.81. The standard InChI is InChI=1S/C44H31N3/c1-44(2)38-22-19-31(25-36(38)37-24-29-14-6-7-15-30(29)26-39(37)44)32-20-21-35(34-17-9-8-16-33(32)34)43-46-41(28-12-4-3-5-13-28)27-42(47-43)40-18-10-11-23-45-40/h3-27H,1-2H3. The Kier molecular flexibility index (Phi) is 6.16. The monoisotopic (exact) mass is 601 g/mol. The molecule has 8 aromatic rings. The predicted molar refractivity (Wildman–Crippen MR) is 194 cm³/mol. The second-order valence-electron chi connectivity index (χ2n) is 12.9. The van der Waals surface area contributed by atoms with E-state index in [0.717, 1.165) is 33.6 Å². The Bertz CT molecular complexity index is 2420. The molecular formula is C44H31N3. The topological polar surface area (TPSA) is 38.7 Å². The molecule has 0 N–H and O–H groups in total. The van der Waals surface area contributed by atoms with Crippen molar-refractivity contribution in [2.75, 3.05) is 0 Å². The Labute approximate surface area is 274 Å². The third-order valence-electron chi connectivity index (χ3n) is 9.74. The lowest BCUT2D eigenvalue weighted by Crippen LogP contribution is -2.14. The quantitative estimate of drug-likeness (QED) is 0.201. The van der Waals surface area contributed by atoms with Gasteiger partial charge in [0.2, 0.25) is 0 Å². The summed E-state index contributed by atoms with van der Waals surface area (Å²) in [5, 5.41) is 4.86. The van der Waals surface area contributed by atoms with Crippen LogP contribution in [0.3, 0.4) is 0 Å². The van der Waals surface area contributed by atoms with Gasteiger partial charge in [-0.2, -0.15) is 0 Å². The number of hydrogen-bond donors (Lipinski definition) is 0. The molecule has 0 aliphatic heterocycles. The molecule has 0 unspecified atom stereocenters. The van der Waals surface area contributed by atoms with Crippen molar-refractivity contribution in [3.63, 3.8) is 0 Å². The van der Waals surface area contributed by atoms with Gasteiger partial charge in [0.05, 0.1) is 17.1 Å². The Balaban J connectivity index is 1.22. The molecule has 9 rings (SSSR count).